The summed E-state index contributed by atoms with van der Waals surface area (Å²) in [5, 5.41) is 0. The van der Waals surface area contributed by atoms with Crippen LogP contribution in [0.3, 0.4) is 0 Å². The highest BCUT2D eigenvalue weighted by molar-refractivity contribution is 5.95. The molecule has 6 rings (SSSR count). The highest BCUT2D eigenvalue weighted by atomic mass is 16.5. The smallest absolute Gasteiger partial charge is 0.327 e. The van der Waals surface area contributed by atoms with Crippen LogP contribution < -0.4 is 0 Å². The number of ether oxygens (including phenoxy) is 1. The van der Waals surface area contributed by atoms with Crippen molar-refractivity contribution >= 4 is 5.97 Å². The van der Waals surface area contributed by atoms with Gasteiger partial charge < -0.3 is 4.74 Å². The molecular weight excluding hydrogens is 380 g/mol. The molecule has 2 heteroatoms. The molecule has 0 bridgehead atoms. The number of hydrogen-bond acceptors (Lipinski definition) is 2. The fourth-order valence-corrected chi connectivity index (χ4v) is 5.00. The van der Waals surface area contributed by atoms with E-state index < -0.39 is 5.41 Å². The first kappa shape index (κ1) is 17.9. The monoisotopic (exact) mass is 400 g/mol. The number of carbonyl (C=O) groups is 1. The Balaban J connectivity index is 1.68. The average molecular weight is 400 g/mol. The Morgan fingerprint density at radius 2 is 1.16 bits per heavy atom. The third kappa shape index (κ3) is 2.62. The van der Waals surface area contributed by atoms with Gasteiger partial charge >= 0.3 is 5.97 Å². The van der Waals surface area contributed by atoms with Crippen LogP contribution in [0.5, 0.6) is 0 Å². The summed E-state index contributed by atoms with van der Waals surface area (Å²) in [6, 6.07) is 29.1. The van der Waals surface area contributed by atoms with Crippen molar-refractivity contribution in [2.24, 2.45) is 5.92 Å². The second-order valence-electron chi connectivity index (χ2n) is 8.14. The lowest BCUT2D eigenvalue weighted by molar-refractivity contribution is -0.139. The van der Waals surface area contributed by atoms with E-state index in [1.165, 1.54) is 0 Å². The van der Waals surface area contributed by atoms with Crippen LogP contribution in [0.4, 0.5) is 0 Å². The van der Waals surface area contributed by atoms with E-state index in [9.17, 15) is 4.79 Å². The van der Waals surface area contributed by atoms with Gasteiger partial charge in [0.25, 0.3) is 0 Å². The molecule has 1 atom stereocenters. The zero-order chi connectivity index (χ0) is 20.8. The van der Waals surface area contributed by atoms with Gasteiger partial charge in [-0.25, -0.2) is 0 Å². The largest absolute Gasteiger partial charge is 0.429 e. The van der Waals surface area contributed by atoms with Crippen LogP contribution in [0.2, 0.25) is 0 Å². The van der Waals surface area contributed by atoms with Crippen molar-refractivity contribution in [3.63, 3.8) is 0 Å². The molecular formula is C29H20O2. The second-order valence-corrected chi connectivity index (χ2v) is 8.14. The fraction of sp³-hybridized carbons (Fsp3) is 0.0690. The molecule has 2 nitrogen and oxygen atoms in total. The number of hydrogen-bond donors (Lipinski definition) is 0. The molecule has 0 aromatic carbocycles. The zero-order valence-corrected chi connectivity index (χ0v) is 16.9. The predicted octanol–water partition coefficient (Wildman–Crippen LogP) is 6.37. The van der Waals surface area contributed by atoms with E-state index in [1.54, 1.807) is 0 Å². The summed E-state index contributed by atoms with van der Waals surface area (Å²) in [6.07, 6.45) is 9.92. The van der Waals surface area contributed by atoms with E-state index in [0.717, 1.165) is 33.4 Å². The van der Waals surface area contributed by atoms with Gasteiger partial charge in [-0.05, 0) is 63.7 Å². The summed E-state index contributed by atoms with van der Waals surface area (Å²) in [4.78, 5) is 13.7. The van der Waals surface area contributed by atoms with Crippen LogP contribution >= 0.6 is 0 Å². The number of allylic oxidation sites excluding steroid dienone is 5. The van der Waals surface area contributed by atoms with Crippen molar-refractivity contribution in [2.75, 3.05) is 0 Å². The van der Waals surface area contributed by atoms with Gasteiger partial charge in [-0.3, -0.25) is 4.79 Å². The number of carbonyl (C=O) groups excluding carboxylic acids is 1. The standard InChI is InChI=1S/C29H20O2/c30-28-29(26-14-8-3-9-15-27(26)31-28,24-16-20-10-4-1-5-11-21(20)17-24)25-18-22-12-6-2-7-13-23(22)19-25/h1-19,26H. The van der Waals surface area contributed by atoms with Crippen molar-refractivity contribution < 1.29 is 9.53 Å². The molecule has 0 aromatic heterocycles. The van der Waals surface area contributed by atoms with Gasteiger partial charge in [-0.2, -0.15) is 0 Å². The Morgan fingerprint density at radius 1 is 0.645 bits per heavy atom. The quantitative estimate of drug-likeness (QED) is 0.366. The first-order valence-electron chi connectivity index (χ1n) is 10.5. The third-order valence-corrected chi connectivity index (χ3v) is 6.46. The Kier molecular flexibility index (Phi) is 3.94. The Labute approximate surface area is 181 Å². The van der Waals surface area contributed by atoms with Crippen LogP contribution in [0.25, 0.3) is 22.3 Å². The summed E-state index contributed by atoms with van der Waals surface area (Å²) >= 11 is 0. The van der Waals surface area contributed by atoms with E-state index in [-0.39, 0.29) is 11.9 Å². The minimum absolute atomic E-state index is 0.203. The summed E-state index contributed by atoms with van der Waals surface area (Å²) in [7, 11) is 0. The first-order chi connectivity index (χ1) is 15.3. The summed E-state index contributed by atoms with van der Waals surface area (Å²) < 4.78 is 5.92. The molecule has 0 aromatic rings. The second kappa shape index (κ2) is 6.82. The summed E-state index contributed by atoms with van der Waals surface area (Å²) in [5.74, 6) is 0.274. The first-order valence-corrected chi connectivity index (χ1v) is 10.5. The Hall–Kier alpha value is -3.91. The van der Waals surface area contributed by atoms with Crippen molar-refractivity contribution in [1.29, 1.82) is 0 Å². The molecule has 1 saturated heterocycles. The normalized spacial score (nSPS) is 19.2. The lowest BCUT2D eigenvalue weighted by atomic mass is 9.67. The lowest BCUT2D eigenvalue weighted by Crippen LogP contribution is -2.37. The molecule has 0 amide bonds. The van der Waals surface area contributed by atoms with Crippen LogP contribution in [0.15, 0.2) is 121 Å². The Bertz CT molecular complexity index is 1210. The maximum Gasteiger partial charge on any atom is 0.327 e. The topological polar surface area (TPSA) is 26.3 Å². The maximum atomic E-state index is 13.7. The van der Waals surface area contributed by atoms with E-state index in [2.05, 4.69) is 54.6 Å². The summed E-state index contributed by atoms with van der Waals surface area (Å²) in [6.45, 7) is 0. The van der Waals surface area contributed by atoms with E-state index in [4.69, 9.17) is 4.74 Å². The van der Waals surface area contributed by atoms with Crippen molar-refractivity contribution in [1.82, 2.24) is 0 Å². The van der Waals surface area contributed by atoms with E-state index in [1.807, 2.05) is 60.7 Å². The molecule has 1 unspecified atom stereocenters. The number of esters is 1. The molecule has 1 fully saturated rings. The highest BCUT2D eigenvalue weighted by Gasteiger charge is 2.57. The van der Waals surface area contributed by atoms with Crippen LogP contribution in [-0.2, 0) is 14.9 Å². The van der Waals surface area contributed by atoms with Gasteiger partial charge in [0.2, 0.25) is 0 Å². The maximum absolute atomic E-state index is 13.7. The highest BCUT2D eigenvalue weighted by Crippen LogP contribution is 2.53. The minimum atomic E-state index is -0.927. The molecule has 1 heterocycles. The molecule has 148 valence electrons. The van der Waals surface area contributed by atoms with Gasteiger partial charge in [0.15, 0.2) is 0 Å². The molecule has 5 aliphatic carbocycles. The molecule has 0 saturated carbocycles. The average Bonchev–Trinajstić information content (AvgIpc) is 3.22. The van der Waals surface area contributed by atoms with Gasteiger partial charge in [0.05, 0.1) is 5.92 Å². The lowest BCUT2D eigenvalue weighted by Gasteiger charge is -2.28. The zero-order valence-electron chi connectivity index (χ0n) is 16.9. The van der Waals surface area contributed by atoms with Crippen LogP contribution in [0.1, 0.15) is 11.1 Å². The molecule has 31 heavy (non-hydrogen) atoms. The molecule has 6 aliphatic rings. The van der Waals surface area contributed by atoms with Crippen molar-refractivity contribution in [3.8, 4) is 22.3 Å². The van der Waals surface area contributed by atoms with E-state index >= 15 is 0 Å². The van der Waals surface area contributed by atoms with Gasteiger partial charge in [-0.1, -0.05) is 85.0 Å². The van der Waals surface area contributed by atoms with E-state index in [0.29, 0.717) is 5.76 Å². The molecule has 1 aliphatic heterocycles. The SMILES string of the molecule is O=C1OC2=CC=CC=CC2C1(c1cc2cccccc-2c1)c1cc2cccccc-2c1. The van der Waals surface area contributed by atoms with Crippen molar-refractivity contribution in [2.45, 2.75) is 5.41 Å². The Morgan fingerprint density at radius 3 is 1.68 bits per heavy atom. The fourth-order valence-electron chi connectivity index (χ4n) is 5.00. The number of rotatable bonds is 2. The molecule has 0 spiro atoms. The van der Waals surface area contributed by atoms with Crippen molar-refractivity contribution in [3.05, 3.63) is 132 Å². The van der Waals surface area contributed by atoms with Crippen LogP contribution in [0, 0.1) is 5.92 Å². The predicted molar refractivity (Wildman–Crippen MR) is 123 cm³/mol. The molecule has 0 radical (unpaired) electrons. The number of fused-ring (bicyclic) bond motifs is 3. The van der Waals surface area contributed by atoms with Crippen LogP contribution in [-0.4, -0.2) is 5.97 Å². The third-order valence-electron chi connectivity index (χ3n) is 6.46. The summed E-state index contributed by atoms with van der Waals surface area (Å²) in [5.41, 5.74) is 5.47. The minimum Gasteiger partial charge on any atom is -0.429 e. The van der Waals surface area contributed by atoms with Gasteiger partial charge in [-0.15, -0.1) is 0 Å². The van der Waals surface area contributed by atoms with Gasteiger partial charge in [0, 0.05) is 0 Å². The van der Waals surface area contributed by atoms with Gasteiger partial charge in [0.1, 0.15) is 11.2 Å². The molecule has 0 N–H and O–H groups in total.